The maximum absolute atomic E-state index is 12.1. The number of pyridine rings is 1. The molecule has 2 atom stereocenters. The Labute approximate surface area is 209 Å². The number of carbonyl (C=O) groups excluding carboxylic acids is 2. The van der Waals surface area contributed by atoms with Crippen LogP contribution in [-0.2, 0) is 15.9 Å². The highest BCUT2D eigenvalue weighted by Gasteiger charge is 2.32. The van der Waals surface area contributed by atoms with Crippen molar-refractivity contribution in [2.45, 2.75) is 71.6 Å². The molecular weight excluding hydrogens is 450 g/mol. The summed E-state index contributed by atoms with van der Waals surface area (Å²) in [5.41, 5.74) is -0.225. The number of nitrogens with zero attached hydrogens (tertiary/aromatic N) is 2. The standard InChI is InChI=1S/C25H43N5O5/c1-24(2,3)34-22(32)27-12-13-30-16-18(20(17-30)26-11-8-14-31)15-19-9-7-10-21(28-19)29-23(33)35-25(4,5)6/h7,9-10,18,20,26,31H,8,11-17H2,1-6H3,(H,27,32)(H,28,29,33)/t18-,20+/m0/s1. The van der Waals surface area contributed by atoms with Crippen LogP contribution < -0.4 is 16.0 Å². The van der Waals surface area contributed by atoms with Crippen molar-refractivity contribution in [1.82, 2.24) is 20.5 Å². The van der Waals surface area contributed by atoms with Crippen molar-refractivity contribution in [2.24, 2.45) is 5.92 Å². The number of aliphatic hydroxyl groups is 1. The van der Waals surface area contributed by atoms with E-state index in [0.29, 0.717) is 31.2 Å². The maximum Gasteiger partial charge on any atom is 0.413 e. The summed E-state index contributed by atoms with van der Waals surface area (Å²) in [7, 11) is 0. The number of nitrogens with one attached hydrogen (secondary N) is 3. The van der Waals surface area contributed by atoms with E-state index in [9.17, 15) is 9.59 Å². The number of alkyl carbamates (subject to hydrolysis) is 1. The molecular formula is C25H43N5O5. The lowest BCUT2D eigenvalue weighted by Crippen LogP contribution is -2.39. The summed E-state index contributed by atoms with van der Waals surface area (Å²) in [4.78, 5) is 30.9. The van der Waals surface area contributed by atoms with Crippen LogP contribution in [0.4, 0.5) is 15.4 Å². The number of hydrogen-bond acceptors (Lipinski definition) is 8. The van der Waals surface area contributed by atoms with Gasteiger partial charge in [0, 0.05) is 44.5 Å². The Balaban J connectivity index is 1.95. The summed E-state index contributed by atoms with van der Waals surface area (Å²) in [6.07, 6.45) is 0.479. The summed E-state index contributed by atoms with van der Waals surface area (Å²) >= 11 is 0. The molecule has 1 fully saturated rings. The second kappa shape index (κ2) is 13.0. The Morgan fingerprint density at radius 1 is 1.06 bits per heavy atom. The molecule has 1 aromatic heterocycles. The molecule has 1 aliphatic heterocycles. The zero-order chi connectivity index (χ0) is 26.1. The third kappa shape index (κ3) is 11.7. The van der Waals surface area contributed by atoms with Crippen LogP contribution in [0.5, 0.6) is 0 Å². The fourth-order valence-electron chi connectivity index (χ4n) is 3.92. The fraction of sp³-hybridized carbons (Fsp3) is 0.720. The monoisotopic (exact) mass is 493 g/mol. The lowest BCUT2D eigenvalue weighted by Gasteiger charge is -2.21. The molecule has 10 nitrogen and oxygen atoms in total. The minimum atomic E-state index is -0.583. The molecule has 1 saturated heterocycles. The van der Waals surface area contributed by atoms with Crippen LogP contribution in [0.15, 0.2) is 18.2 Å². The molecule has 0 aromatic carbocycles. The summed E-state index contributed by atoms with van der Waals surface area (Å²) < 4.78 is 10.6. The van der Waals surface area contributed by atoms with Gasteiger partial charge in [-0.1, -0.05) is 6.07 Å². The minimum absolute atomic E-state index is 0.147. The first-order valence-corrected chi connectivity index (χ1v) is 12.3. The van der Waals surface area contributed by atoms with E-state index in [1.165, 1.54) is 0 Å². The zero-order valence-electron chi connectivity index (χ0n) is 22.0. The van der Waals surface area contributed by atoms with Crippen LogP contribution >= 0.6 is 0 Å². The number of ether oxygens (including phenoxy) is 2. The average molecular weight is 494 g/mol. The minimum Gasteiger partial charge on any atom is -0.444 e. The first-order valence-electron chi connectivity index (χ1n) is 12.3. The van der Waals surface area contributed by atoms with E-state index in [2.05, 4.69) is 25.8 Å². The van der Waals surface area contributed by atoms with Crippen LogP contribution in [-0.4, -0.2) is 83.8 Å². The first kappa shape index (κ1) is 28.8. The van der Waals surface area contributed by atoms with Crippen molar-refractivity contribution >= 4 is 18.0 Å². The van der Waals surface area contributed by atoms with Gasteiger partial charge in [0.05, 0.1) is 0 Å². The van der Waals surface area contributed by atoms with Crippen LogP contribution in [0.1, 0.15) is 53.7 Å². The Kier molecular flexibility index (Phi) is 10.7. The van der Waals surface area contributed by atoms with Gasteiger partial charge < -0.3 is 25.2 Å². The number of likely N-dealkylation sites (tertiary alicyclic amines) is 1. The molecule has 4 N–H and O–H groups in total. The third-order valence-corrected chi connectivity index (χ3v) is 5.26. The summed E-state index contributed by atoms with van der Waals surface area (Å²) in [6, 6.07) is 5.80. The van der Waals surface area contributed by atoms with Crippen molar-refractivity contribution < 1.29 is 24.2 Å². The molecule has 0 saturated carbocycles. The van der Waals surface area contributed by atoms with Crippen LogP contribution in [0.2, 0.25) is 0 Å². The summed E-state index contributed by atoms with van der Waals surface area (Å²) in [5, 5.41) is 18.2. The molecule has 10 heteroatoms. The van der Waals surface area contributed by atoms with Gasteiger partial charge in [0.1, 0.15) is 17.0 Å². The largest absolute Gasteiger partial charge is 0.444 e. The molecule has 2 amide bonds. The van der Waals surface area contributed by atoms with Gasteiger partial charge >= 0.3 is 12.2 Å². The molecule has 0 spiro atoms. The van der Waals surface area contributed by atoms with E-state index in [1.54, 1.807) is 6.07 Å². The molecule has 198 valence electrons. The summed E-state index contributed by atoms with van der Waals surface area (Å²) in [6.45, 7) is 14.7. The number of amides is 2. The topological polar surface area (TPSA) is 125 Å². The number of carbonyl (C=O) groups is 2. The van der Waals surface area contributed by atoms with Gasteiger partial charge in [-0.15, -0.1) is 0 Å². The Morgan fingerprint density at radius 3 is 2.40 bits per heavy atom. The van der Waals surface area contributed by atoms with Crippen LogP contribution in [0.3, 0.4) is 0 Å². The Morgan fingerprint density at radius 2 is 1.74 bits per heavy atom. The van der Waals surface area contributed by atoms with Gasteiger partial charge in [0.25, 0.3) is 0 Å². The molecule has 1 aliphatic rings. The molecule has 0 unspecified atom stereocenters. The van der Waals surface area contributed by atoms with Crippen molar-refractivity contribution in [3.63, 3.8) is 0 Å². The smallest absolute Gasteiger partial charge is 0.413 e. The maximum atomic E-state index is 12.1. The Bertz CT molecular complexity index is 821. The van der Waals surface area contributed by atoms with E-state index in [-0.39, 0.29) is 12.6 Å². The second-order valence-corrected chi connectivity index (χ2v) is 10.9. The lowest BCUT2D eigenvalue weighted by molar-refractivity contribution is 0.0522. The predicted octanol–water partition coefficient (Wildman–Crippen LogP) is 2.77. The number of hydrogen-bond donors (Lipinski definition) is 4. The Hall–Kier alpha value is -2.43. The van der Waals surface area contributed by atoms with E-state index < -0.39 is 23.4 Å². The molecule has 1 aromatic rings. The van der Waals surface area contributed by atoms with Gasteiger partial charge in [0.15, 0.2) is 0 Å². The van der Waals surface area contributed by atoms with E-state index >= 15 is 0 Å². The van der Waals surface area contributed by atoms with E-state index in [4.69, 9.17) is 14.6 Å². The SMILES string of the molecule is CC(C)(C)OC(=O)NCCN1C[C@H](Cc2cccc(NC(=O)OC(C)(C)C)n2)[C@H](NCCCO)C1. The van der Waals surface area contributed by atoms with E-state index in [1.807, 2.05) is 53.7 Å². The van der Waals surface area contributed by atoms with Gasteiger partial charge in [-0.25, -0.2) is 14.6 Å². The van der Waals surface area contributed by atoms with Gasteiger partial charge in [-0.2, -0.15) is 0 Å². The van der Waals surface area contributed by atoms with Gasteiger partial charge in [-0.05, 0) is 79.0 Å². The molecule has 0 bridgehead atoms. The average Bonchev–Trinajstić information content (AvgIpc) is 3.07. The molecule has 0 aliphatic carbocycles. The molecule has 2 rings (SSSR count). The molecule has 2 heterocycles. The van der Waals surface area contributed by atoms with Crippen LogP contribution in [0.25, 0.3) is 0 Å². The van der Waals surface area contributed by atoms with E-state index in [0.717, 1.165) is 31.7 Å². The van der Waals surface area contributed by atoms with Gasteiger partial charge in [0.2, 0.25) is 0 Å². The predicted molar refractivity (Wildman–Crippen MR) is 135 cm³/mol. The first-order chi connectivity index (χ1) is 16.3. The number of aromatic nitrogens is 1. The zero-order valence-corrected chi connectivity index (χ0v) is 22.0. The fourth-order valence-corrected chi connectivity index (χ4v) is 3.92. The lowest BCUT2D eigenvalue weighted by atomic mass is 9.97. The highest BCUT2D eigenvalue weighted by atomic mass is 16.6. The highest BCUT2D eigenvalue weighted by Crippen LogP contribution is 2.22. The second-order valence-electron chi connectivity index (χ2n) is 10.9. The van der Waals surface area contributed by atoms with Crippen molar-refractivity contribution in [3.8, 4) is 0 Å². The van der Waals surface area contributed by atoms with Crippen molar-refractivity contribution in [1.29, 1.82) is 0 Å². The molecule has 0 radical (unpaired) electrons. The van der Waals surface area contributed by atoms with Crippen LogP contribution in [0, 0.1) is 5.92 Å². The highest BCUT2D eigenvalue weighted by molar-refractivity contribution is 5.83. The number of aliphatic hydroxyl groups excluding tert-OH is 1. The number of rotatable bonds is 10. The normalized spacial score (nSPS) is 18.8. The summed E-state index contributed by atoms with van der Waals surface area (Å²) in [5.74, 6) is 0.748. The quantitative estimate of drug-likeness (QED) is 0.367. The van der Waals surface area contributed by atoms with Gasteiger partial charge in [-0.3, -0.25) is 10.2 Å². The number of anilines is 1. The van der Waals surface area contributed by atoms with Crippen molar-refractivity contribution in [3.05, 3.63) is 23.9 Å². The third-order valence-electron chi connectivity index (χ3n) is 5.26. The molecule has 35 heavy (non-hydrogen) atoms. The van der Waals surface area contributed by atoms with Crippen molar-refractivity contribution in [2.75, 3.05) is 44.6 Å².